The highest BCUT2D eigenvalue weighted by atomic mass is 35.5. The first-order valence-corrected chi connectivity index (χ1v) is 18.5. The summed E-state index contributed by atoms with van der Waals surface area (Å²) in [5.74, 6) is 0.228. The van der Waals surface area contributed by atoms with Gasteiger partial charge < -0.3 is 33.6 Å². The minimum atomic E-state index is -0.981. The van der Waals surface area contributed by atoms with E-state index >= 15 is 0 Å². The number of esters is 1. The Labute approximate surface area is 313 Å². The van der Waals surface area contributed by atoms with E-state index in [-0.39, 0.29) is 42.3 Å². The number of carbonyl (C=O) groups excluding carboxylic acids is 3. The fourth-order valence-corrected chi connectivity index (χ4v) is 7.87. The van der Waals surface area contributed by atoms with Crippen molar-refractivity contribution >= 4 is 36.9 Å². The van der Waals surface area contributed by atoms with Gasteiger partial charge in [-0.05, 0) is 117 Å². The Morgan fingerprint density at radius 1 is 0.981 bits per heavy atom. The maximum absolute atomic E-state index is 14.0. The normalized spacial score (nSPS) is 24.3. The van der Waals surface area contributed by atoms with Crippen molar-refractivity contribution in [2.24, 2.45) is 17.3 Å². The number of carbonyl (C=O) groups is 3. The molecule has 1 aliphatic heterocycles. The minimum absolute atomic E-state index is 0.0179. The van der Waals surface area contributed by atoms with Gasteiger partial charge in [-0.15, -0.1) is 11.6 Å². The number of ether oxygens (including phenoxy) is 4. The summed E-state index contributed by atoms with van der Waals surface area (Å²) >= 11 is 7.10. The number of amides is 1. The standard InChI is InChI=1S/C38H55BClN3O9/c1-34(2,3)48-31(44)29-24(21-43-20-22(19-42-43)18-41-32(45)49-35(4,5)6)14-13-23(30(29)47-33(46)50-36(7,8)9)15-28(40)39-51-27-17-25-16-26(37(25,10)11)38(27,12)52-39/h13-14,19-20,25-28H,15-18,21H2,1-12H3,(H,41,45)/t25-,26-,27?,28-,38-/m1/s1. The predicted molar refractivity (Wildman–Crippen MR) is 196 cm³/mol. The Hall–Kier alpha value is -3.29. The number of alkyl carbamates (subject to hydrolysis) is 1. The van der Waals surface area contributed by atoms with Crippen LogP contribution in [0.5, 0.6) is 5.75 Å². The van der Waals surface area contributed by atoms with E-state index in [1.807, 2.05) is 0 Å². The van der Waals surface area contributed by atoms with E-state index in [0.29, 0.717) is 28.5 Å². The Kier molecular flexibility index (Phi) is 10.9. The number of rotatable bonds is 9. The average Bonchev–Trinajstić information content (AvgIpc) is 3.57. The topological polar surface area (TPSA) is 136 Å². The maximum Gasteiger partial charge on any atom is 0.514 e. The van der Waals surface area contributed by atoms with E-state index in [1.165, 1.54) is 0 Å². The van der Waals surface area contributed by atoms with E-state index in [4.69, 9.17) is 39.9 Å². The molecule has 1 amide bonds. The lowest BCUT2D eigenvalue weighted by Crippen LogP contribution is -2.65. The van der Waals surface area contributed by atoms with Gasteiger partial charge >= 0.3 is 25.3 Å². The minimum Gasteiger partial charge on any atom is -0.456 e. The number of aromatic nitrogens is 2. The van der Waals surface area contributed by atoms with Crippen molar-refractivity contribution in [1.82, 2.24) is 15.1 Å². The van der Waals surface area contributed by atoms with Gasteiger partial charge in [0.05, 0.1) is 29.7 Å². The van der Waals surface area contributed by atoms with Crippen molar-refractivity contribution in [2.45, 2.75) is 149 Å². The van der Waals surface area contributed by atoms with Crippen LogP contribution in [0.1, 0.15) is 123 Å². The molecular weight excluding hydrogens is 689 g/mol. The van der Waals surface area contributed by atoms with Gasteiger partial charge in [-0.1, -0.05) is 26.0 Å². The Balaban J connectivity index is 1.45. The van der Waals surface area contributed by atoms with Crippen LogP contribution in [0.4, 0.5) is 9.59 Å². The molecule has 3 aliphatic carbocycles. The van der Waals surface area contributed by atoms with Crippen LogP contribution in [0.2, 0.25) is 0 Å². The highest BCUT2D eigenvalue weighted by molar-refractivity contribution is 6.60. The quantitative estimate of drug-likeness (QED) is 0.0897. The number of benzene rings is 1. The molecule has 14 heteroatoms. The first-order valence-electron chi connectivity index (χ1n) is 18.1. The third-order valence-corrected chi connectivity index (χ3v) is 10.4. The molecule has 4 fully saturated rings. The summed E-state index contributed by atoms with van der Waals surface area (Å²) < 4.78 is 37.4. The van der Waals surface area contributed by atoms with Gasteiger partial charge in [0.25, 0.3) is 0 Å². The number of alkyl halides is 1. The van der Waals surface area contributed by atoms with Gasteiger partial charge in [0.2, 0.25) is 0 Å². The lowest BCUT2D eigenvalue weighted by atomic mass is 9.43. The van der Waals surface area contributed by atoms with E-state index < -0.39 is 53.0 Å². The first kappa shape index (κ1) is 39.9. The van der Waals surface area contributed by atoms with Gasteiger partial charge in [0, 0.05) is 18.3 Å². The molecule has 2 heterocycles. The predicted octanol–water partition coefficient (Wildman–Crippen LogP) is 7.64. The molecule has 2 aromatic rings. The lowest BCUT2D eigenvalue weighted by Gasteiger charge is -2.64. The summed E-state index contributed by atoms with van der Waals surface area (Å²) in [6, 6.07) is 3.55. The van der Waals surface area contributed by atoms with E-state index in [0.717, 1.165) is 12.8 Å². The molecule has 0 radical (unpaired) electrons. The molecular formula is C38H55BClN3O9. The summed E-state index contributed by atoms with van der Waals surface area (Å²) in [6.07, 6.45) is 3.94. The molecule has 1 aromatic heterocycles. The summed E-state index contributed by atoms with van der Waals surface area (Å²) in [6.45, 7) is 22.8. The lowest BCUT2D eigenvalue weighted by molar-refractivity contribution is -0.199. The first-order chi connectivity index (χ1) is 23.8. The molecule has 1 unspecified atom stereocenters. The van der Waals surface area contributed by atoms with Crippen molar-refractivity contribution in [1.29, 1.82) is 0 Å². The molecule has 52 heavy (non-hydrogen) atoms. The SMILES string of the molecule is CC(C)(C)OC(=O)NCc1cnn(Cc2ccc(C[C@@H](Cl)B3OC4C[C@H]5C[C@H](C5(C)C)[C@@]4(C)O3)c(OC(=O)OC(C)(C)C)c2C(=O)OC(C)(C)C)c1. The van der Waals surface area contributed by atoms with Gasteiger partial charge in [-0.2, -0.15) is 5.10 Å². The molecule has 3 saturated carbocycles. The zero-order chi connectivity index (χ0) is 38.6. The van der Waals surface area contributed by atoms with Gasteiger partial charge in [0.15, 0.2) is 5.75 Å². The Morgan fingerprint density at radius 2 is 1.62 bits per heavy atom. The highest BCUT2D eigenvalue weighted by Crippen LogP contribution is 2.66. The molecule has 286 valence electrons. The second kappa shape index (κ2) is 14.2. The van der Waals surface area contributed by atoms with Crippen LogP contribution >= 0.6 is 11.6 Å². The molecule has 0 spiro atoms. The maximum atomic E-state index is 14.0. The molecule has 4 aliphatic rings. The van der Waals surface area contributed by atoms with Crippen LogP contribution in [0.3, 0.4) is 0 Å². The average molecular weight is 744 g/mol. The number of hydrogen-bond acceptors (Lipinski definition) is 10. The monoisotopic (exact) mass is 743 g/mol. The van der Waals surface area contributed by atoms with Crippen LogP contribution in [0, 0.1) is 17.3 Å². The number of nitrogens with zero attached hydrogens (tertiary/aromatic N) is 2. The van der Waals surface area contributed by atoms with Crippen LogP contribution in [-0.4, -0.2) is 68.9 Å². The van der Waals surface area contributed by atoms with Gasteiger partial charge in [0.1, 0.15) is 22.4 Å². The summed E-state index contributed by atoms with van der Waals surface area (Å²) in [7, 11) is -0.706. The molecule has 5 atom stereocenters. The van der Waals surface area contributed by atoms with Crippen molar-refractivity contribution in [3.8, 4) is 5.75 Å². The largest absolute Gasteiger partial charge is 0.514 e. The molecule has 6 rings (SSSR count). The van der Waals surface area contributed by atoms with Gasteiger partial charge in [-0.25, -0.2) is 14.4 Å². The molecule has 2 bridgehead atoms. The molecule has 12 nitrogen and oxygen atoms in total. The zero-order valence-corrected chi connectivity index (χ0v) is 33.4. The third kappa shape index (κ3) is 9.08. The van der Waals surface area contributed by atoms with Crippen LogP contribution in [-0.2, 0) is 43.0 Å². The van der Waals surface area contributed by atoms with Crippen molar-refractivity contribution in [3.05, 3.63) is 46.8 Å². The number of hydrogen-bond donors (Lipinski definition) is 1. The van der Waals surface area contributed by atoms with Gasteiger partial charge in [-0.3, -0.25) is 4.68 Å². The molecule has 1 saturated heterocycles. The Morgan fingerprint density at radius 3 is 2.23 bits per heavy atom. The summed E-state index contributed by atoms with van der Waals surface area (Å²) in [4.78, 5) is 39.5. The van der Waals surface area contributed by atoms with E-state index in [2.05, 4.69) is 31.2 Å². The highest BCUT2D eigenvalue weighted by Gasteiger charge is 2.68. The molecule has 1 N–H and O–H groups in total. The van der Waals surface area contributed by atoms with Crippen LogP contribution in [0.25, 0.3) is 0 Å². The second-order valence-electron chi connectivity index (χ2n) is 18.1. The second-order valence-corrected chi connectivity index (χ2v) is 18.7. The fourth-order valence-electron chi connectivity index (χ4n) is 7.59. The van der Waals surface area contributed by atoms with Crippen molar-refractivity contribution in [2.75, 3.05) is 0 Å². The molecule has 1 aromatic carbocycles. The van der Waals surface area contributed by atoms with Crippen molar-refractivity contribution in [3.63, 3.8) is 0 Å². The van der Waals surface area contributed by atoms with E-state index in [1.54, 1.807) is 91.5 Å². The third-order valence-electron chi connectivity index (χ3n) is 10.0. The van der Waals surface area contributed by atoms with Crippen molar-refractivity contribution < 1.29 is 42.6 Å². The smallest absolute Gasteiger partial charge is 0.456 e. The fraction of sp³-hybridized carbons (Fsp3) is 0.684. The zero-order valence-electron chi connectivity index (χ0n) is 32.7. The number of nitrogens with one attached hydrogen (secondary N) is 1. The summed E-state index contributed by atoms with van der Waals surface area (Å²) in [5, 5.41) is 6.49. The van der Waals surface area contributed by atoms with Crippen LogP contribution < -0.4 is 10.1 Å². The number of halogens is 1. The van der Waals surface area contributed by atoms with E-state index in [9.17, 15) is 14.4 Å². The summed E-state index contributed by atoms with van der Waals surface area (Å²) in [5.41, 5.74) is -0.926. The van der Waals surface area contributed by atoms with Crippen LogP contribution in [0.15, 0.2) is 24.5 Å². The Bertz CT molecular complexity index is 1670.